The predicted octanol–water partition coefficient (Wildman–Crippen LogP) is 1.44. The molecule has 1 amide bonds. The third-order valence-corrected chi connectivity index (χ3v) is 3.96. The largest absolute Gasteiger partial charge is 0.324 e. The molecule has 0 bridgehead atoms. The van der Waals surface area contributed by atoms with E-state index in [0.29, 0.717) is 11.4 Å². The number of carbonyl (C=O) groups excluding carboxylic acids is 1. The average molecular weight is 286 g/mol. The minimum atomic E-state index is -0.815. The number of nitrogens with one attached hydrogen (secondary N) is 3. The van der Waals surface area contributed by atoms with Crippen molar-refractivity contribution in [1.82, 2.24) is 10.2 Å². The lowest BCUT2D eigenvalue weighted by Crippen LogP contribution is -2.50. The molecule has 6 heteroatoms. The number of carbonyl (C=O) groups is 1. The molecule has 3 rings (SSSR count). The molecule has 1 aromatic carbocycles. The Morgan fingerprint density at radius 1 is 1.29 bits per heavy atom. The van der Waals surface area contributed by atoms with Gasteiger partial charge in [0.05, 0.1) is 11.2 Å². The quantitative estimate of drug-likeness (QED) is 0.683. The summed E-state index contributed by atoms with van der Waals surface area (Å²) in [6, 6.07) is 8.74. The van der Waals surface area contributed by atoms with E-state index in [1.54, 1.807) is 19.1 Å². The van der Waals surface area contributed by atoms with Gasteiger partial charge in [0.25, 0.3) is 5.56 Å². The van der Waals surface area contributed by atoms with Crippen LogP contribution in [0.15, 0.2) is 35.1 Å². The van der Waals surface area contributed by atoms with Crippen molar-refractivity contribution >= 4 is 11.6 Å². The standard InChI is InChI=1S/C15H18N4O2/c1-15(16,10-4-5-10)14(21)17-11-6-2-9(3-7-11)12-8-13(20)19-18-12/h2-3,6-8,10H,4-5,16H2,1H3,(H,17,21)(H2,18,19,20). The molecule has 1 atom stereocenters. The van der Waals surface area contributed by atoms with Crippen molar-refractivity contribution in [3.63, 3.8) is 0 Å². The highest BCUT2D eigenvalue weighted by atomic mass is 16.2. The van der Waals surface area contributed by atoms with E-state index in [9.17, 15) is 9.59 Å². The minimum Gasteiger partial charge on any atom is -0.324 e. The molecule has 1 aromatic heterocycles. The maximum atomic E-state index is 12.2. The van der Waals surface area contributed by atoms with Gasteiger partial charge in [-0.1, -0.05) is 12.1 Å². The summed E-state index contributed by atoms with van der Waals surface area (Å²) in [7, 11) is 0. The lowest BCUT2D eigenvalue weighted by atomic mass is 9.96. The van der Waals surface area contributed by atoms with Crippen LogP contribution in [0.25, 0.3) is 11.3 Å². The average Bonchev–Trinajstić information content (AvgIpc) is 3.23. The molecule has 0 radical (unpaired) electrons. The Morgan fingerprint density at radius 2 is 1.95 bits per heavy atom. The van der Waals surface area contributed by atoms with E-state index in [1.807, 2.05) is 12.1 Å². The highest BCUT2D eigenvalue weighted by molar-refractivity contribution is 5.98. The fourth-order valence-electron chi connectivity index (χ4n) is 2.35. The molecule has 110 valence electrons. The molecule has 0 aliphatic heterocycles. The van der Waals surface area contributed by atoms with Crippen molar-refractivity contribution in [3.8, 4) is 11.3 Å². The topological polar surface area (TPSA) is 104 Å². The number of anilines is 1. The Hall–Kier alpha value is -2.34. The molecule has 2 aromatic rings. The number of hydrogen-bond acceptors (Lipinski definition) is 3. The number of hydrogen-bond donors (Lipinski definition) is 4. The zero-order valence-corrected chi connectivity index (χ0v) is 11.8. The van der Waals surface area contributed by atoms with Gasteiger partial charge in [-0.3, -0.25) is 19.8 Å². The van der Waals surface area contributed by atoms with Crippen molar-refractivity contribution in [2.45, 2.75) is 25.3 Å². The van der Waals surface area contributed by atoms with Gasteiger partial charge in [0.2, 0.25) is 5.91 Å². The van der Waals surface area contributed by atoms with Crippen LogP contribution in [0.5, 0.6) is 0 Å². The molecular formula is C15H18N4O2. The third-order valence-electron chi connectivity index (χ3n) is 3.96. The van der Waals surface area contributed by atoms with Crippen LogP contribution in [0, 0.1) is 5.92 Å². The van der Waals surface area contributed by atoms with Crippen LogP contribution in [-0.2, 0) is 4.79 Å². The second kappa shape index (κ2) is 4.89. The van der Waals surface area contributed by atoms with Crippen molar-refractivity contribution in [1.29, 1.82) is 0 Å². The lowest BCUT2D eigenvalue weighted by molar-refractivity contribution is -0.121. The lowest BCUT2D eigenvalue weighted by Gasteiger charge is -2.23. The smallest absolute Gasteiger partial charge is 0.264 e. The van der Waals surface area contributed by atoms with Crippen molar-refractivity contribution in [2.24, 2.45) is 11.7 Å². The van der Waals surface area contributed by atoms with Crippen LogP contribution >= 0.6 is 0 Å². The van der Waals surface area contributed by atoms with E-state index in [2.05, 4.69) is 15.5 Å². The molecule has 1 saturated carbocycles. The van der Waals surface area contributed by atoms with E-state index >= 15 is 0 Å². The first-order chi connectivity index (χ1) is 9.96. The molecule has 1 unspecified atom stereocenters. The SMILES string of the molecule is CC(N)(C(=O)Nc1ccc(-c2cc(=O)[nH][nH]2)cc1)C1CC1. The van der Waals surface area contributed by atoms with Crippen molar-refractivity contribution in [2.75, 3.05) is 5.32 Å². The van der Waals surface area contributed by atoms with Gasteiger partial charge in [0.15, 0.2) is 0 Å². The molecule has 0 saturated heterocycles. The second-order valence-electron chi connectivity index (χ2n) is 5.76. The number of rotatable bonds is 4. The van der Waals surface area contributed by atoms with Gasteiger partial charge in [-0.2, -0.15) is 0 Å². The Labute approximate surface area is 121 Å². The highest BCUT2D eigenvalue weighted by Crippen LogP contribution is 2.38. The van der Waals surface area contributed by atoms with Gasteiger partial charge in [-0.05, 0) is 43.4 Å². The molecule has 1 aliphatic carbocycles. The molecule has 1 heterocycles. The normalized spacial score (nSPS) is 17.2. The van der Waals surface area contributed by atoms with Crippen LogP contribution in [0.3, 0.4) is 0 Å². The Balaban J connectivity index is 1.72. The van der Waals surface area contributed by atoms with Gasteiger partial charge in [0, 0.05) is 11.8 Å². The van der Waals surface area contributed by atoms with Crippen LogP contribution in [0.1, 0.15) is 19.8 Å². The first-order valence-electron chi connectivity index (χ1n) is 6.95. The summed E-state index contributed by atoms with van der Waals surface area (Å²) in [6.07, 6.45) is 2.03. The molecule has 0 spiro atoms. The van der Waals surface area contributed by atoms with E-state index in [0.717, 1.165) is 18.4 Å². The van der Waals surface area contributed by atoms with Crippen molar-refractivity contribution < 1.29 is 4.79 Å². The molecule has 21 heavy (non-hydrogen) atoms. The number of aromatic nitrogens is 2. The summed E-state index contributed by atoms with van der Waals surface area (Å²) in [6.45, 7) is 1.78. The van der Waals surface area contributed by atoms with Gasteiger partial charge >= 0.3 is 0 Å². The molecule has 1 aliphatic rings. The van der Waals surface area contributed by atoms with Gasteiger partial charge in [0.1, 0.15) is 0 Å². The maximum Gasteiger partial charge on any atom is 0.264 e. The fourth-order valence-corrected chi connectivity index (χ4v) is 2.35. The summed E-state index contributed by atoms with van der Waals surface area (Å²) in [5.41, 5.74) is 7.36. The number of amides is 1. The van der Waals surface area contributed by atoms with Gasteiger partial charge < -0.3 is 11.1 Å². The van der Waals surface area contributed by atoms with Crippen LogP contribution < -0.4 is 16.6 Å². The first kappa shape index (κ1) is 13.6. The molecule has 5 N–H and O–H groups in total. The van der Waals surface area contributed by atoms with E-state index < -0.39 is 5.54 Å². The monoisotopic (exact) mass is 286 g/mol. The first-order valence-corrected chi connectivity index (χ1v) is 6.95. The van der Waals surface area contributed by atoms with Crippen LogP contribution in [0.4, 0.5) is 5.69 Å². The number of nitrogens with two attached hydrogens (primary N) is 1. The fraction of sp³-hybridized carbons (Fsp3) is 0.333. The van der Waals surface area contributed by atoms with E-state index in [1.165, 1.54) is 6.07 Å². The Morgan fingerprint density at radius 3 is 2.48 bits per heavy atom. The molecular weight excluding hydrogens is 268 g/mol. The van der Waals surface area contributed by atoms with Gasteiger partial charge in [-0.15, -0.1) is 0 Å². The Kier molecular flexibility index (Phi) is 3.17. The van der Waals surface area contributed by atoms with E-state index in [-0.39, 0.29) is 17.4 Å². The minimum absolute atomic E-state index is 0.159. The maximum absolute atomic E-state index is 12.2. The highest BCUT2D eigenvalue weighted by Gasteiger charge is 2.44. The number of H-pyrrole nitrogens is 2. The summed E-state index contributed by atoms with van der Waals surface area (Å²) in [5, 5.41) is 8.11. The predicted molar refractivity (Wildman–Crippen MR) is 80.8 cm³/mol. The zero-order valence-electron chi connectivity index (χ0n) is 11.8. The molecule has 6 nitrogen and oxygen atoms in total. The summed E-state index contributed by atoms with van der Waals surface area (Å²) < 4.78 is 0. The number of aromatic amines is 2. The zero-order chi connectivity index (χ0) is 15.0. The second-order valence-corrected chi connectivity index (χ2v) is 5.76. The summed E-state index contributed by atoms with van der Waals surface area (Å²) in [4.78, 5) is 23.3. The summed E-state index contributed by atoms with van der Waals surface area (Å²) >= 11 is 0. The molecule has 1 fully saturated rings. The van der Waals surface area contributed by atoms with Gasteiger partial charge in [-0.25, -0.2) is 0 Å². The van der Waals surface area contributed by atoms with E-state index in [4.69, 9.17) is 5.73 Å². The Bertz CT molecular complexity index is 708. The number of benzene rings is 1. The third kappa shape index (κ3) is 2.75. The van der Waals surface area contributed by atoms with Crippen LogP contribution in [-0.4, -0.2) is 21.6 Å². The van der Waals surface area contributed by atoms with Crippen molar-refractivity contribution in [3.05, 3.63) is 40.7 Å². The summed E-state index contributed by atoms with van der Waals surface area (Å²) in [5.74, 6) is 0.120. The van der Waals surface area contributed by atoms with Crippen LogP contribution in [0.2, 0.25) is 0 Å².